The molecule has 170 valence electrons. The molecule has 1 aliphatic heterocycles. The van der Waals surface area contributed by atoms with E-state index in [-0.39, 0.29) is 12.6 Å². The number of halogens is 1. The van der Waals surface area contributed by atoms with Crippen molar-refractivity contribution in [3.05, 3.63) is 94.3 Å². The van der Waals surface area contributed by atoms with E-state index in [1.165, 1.54) is 0 Å². The van der Waals surface area contributed by atoms with E-state index < -0.39 is 5.60 Å². The highest BCUT2D eigenvalue weighted by Gasteiger charge is 2.34. The van der Waals surface area contributed by atoms with Gasteiger partial charge >= 0.3 is 0 Å². The van der Waals surface area contributed by atoms with Gasteiger partial charge in [-0.1, -0.05) is 48.0 Å². The molecule has 0 radical (unpaired) electrons. The second-order valence-electron chi connectivity index (χ2n) is 8.58. The molecule has 0 unspecified atom stereocenters. The number of benzene rings is 2. The summed E-state index contributed by atoms with van der Waals surface area (Å²) in [7, 11) is 0. The third-order valence-corrected chi connectivity index (χ3v) is 6.39. The van der Waals surface area contributed by atoms with Gasteiger partial charge in [0.05, 0.1) is 46.4 Å². The van der Waals surface area contributed by atoms with E-state index in [2.05, 4.69) is 33.0 Å². The van der Waals surface area contributed by atoms with Gasteiger partial charge in [-0.25, -0.2) is 0 Å². The second-order valence-corrected chi connectivity index (χ2v) is 8.99. The zero-order valence-corrected chi connectivity index (χ0v) is 19.3. The molecular weight excluding hydrogens is 436 g/mol. The van der Waals surface area contributed by atoms with Crippen molar-refractivity contribution in [2.24, 2.45) is 0 Å². The predicted octanol–water partition coefficient (Wildman–Crippen LogP) is 3.87. The van der Waals surface area contributed by atoms with Crippen molar-refractivity contribution < 1.29 is 10.2 Å². The normalized spacial score (nSPS) is 18.5. The first-order valence-electron chi connectivity index (χ1n) is 10.9. The van der Waals surface area contributed by atoms with E-state index >= 15 is 0 Å². The van der Waals surface area contributed by atoms with Crippen LogP contribution < -0.4 is 4.90 Å². The number of hydrogen-bond donors (Lipinski definition) is 2. The van der Waals surface area contributed by atoms with Crippen molar-refractivity contribution in [3.8, 4) is 6.07 Å². The molecule has 1 saturated heterocycles. The Labute approximate surface area is 199 Å². The molecule has 1 fully saturated rings. The fourth-order valence-electron chi connectivity index (χ4n) is 4.43. The van der Waals surface area contributed by atoms with Crippen molar-refractivity contribution in [1.29, 1.82) is 5.26 Å². The largest absolute Gasteiger partial charge is 0.390 e. The summed E-state index contributed by atoms with van der Waals surface area (Å²) in [5.74, 6) is 0. The topological polar surface area (TPSA) is 83.6 Å². The minimum absolute atomic E-state index is 0.0259. The zero-order valence-electron chi connectivity index (χ0n) is 18.5. The number of aromatic nitrogens is 1. The summed E-state index contributed by atoms with van der Waals surface area (Å²) < 4.78 is 0. The molecule has 0 bridgehead atoms. The van der Waals surface area contributed by atoms with E-state index in [0.717, 1.165) is 17.8 Å². The van der Waals surface area contributed by atoms with Crippen molar-refractivity contribution >= 4 is 17.3 Å². The average molecular weight is 463 g/mol. The van der Waals surface area contributed by atoms with Crippen LogP contribution in [0.1, 0.15) is 35.5 Å². The van der Waals surface area contributed by atoms with Gasteiger partial charge in [-0.05, 0) is 42.8 Å². The van der Waals surface area contributed by atoms with Gasteiger partial charge in [0.1, 0.15) is 5.60 Å². The molecule has 3 aromatic rings. The molecule has 0 spiro atoms. The zero-order chi connectivity index (χ0) is 23.4. The van der Waals surface area contributed by atoms with E-state index in [4.69, 9.17) is 11.6 Å². The number of aliphatic hydroxyl groups excluding tert-OH is 1. The van der Waals surface area contributed by atoms with Crippen LogP contribution in [0.5, 0.6) is 0 Å². The van der Waals surface area contributed by atoms with Crippen molar-refractivity contribution in [1.82, 2.24) is 9.88 Å². The number of anilines is 1. The SMILES string of the molecule is C[C@@](O)(CN1CCN(c2ccc(C#N)cc2Cl)[C@H](c2ccccc2)C1)c1cccc(CO)n1. The van der Waals surface area contributed by atoms with Crippen LogP contribution in [0.4, 0.5) is 5.69 Å². The van der Waals surface area contributed by atoms with E-state index in [9.17, 15) is 15.5 Å². The first kappa shape index (κ1) is 23.2. The van der Waals surface area contributed by atoms with Crippen LogP contribution in [0.25, 0.3) is 0 Å². The third kappa shape index (κ3) is 5.18. The van der Waals surface area contributed by atoms with Gasteiger partial charge in [0.25, 0.3) is 0 Å². The van der Waals surface area contributed by atoms with Gasteiger partial charge in [-0.2, -0.15) is 5.26 Å². The van der Waals surface area contributed by atoms with Crippen molar-refractivity contribution in [3.63, 3.8) is 0 Å². The van der Waals surface area contributed by atoms with E-state index in [0.29, 0.717) is 41.6 Å². The van der Waals surface area contributed by atoms with Gasteiger partial charge in [0.2, 0.25) is 0 Å². The number of rotatable bonds is 6. The molecule has 1 aromatic heterocycles. The fourth-order valence-corrected chi connectivity index (χ4v) is 4.71. The lowest BCUT2D eigenvalue weighted by molar-refractivity contribution is 0.00648. The number of pyridine rings is 1. The van der Waals surface area contributed by atoms with Gasteiger partial charge in [-0.15, -0.1) is 0 Å². The number of piperazine rings is 1. The molecule has 0 aliphatic carbocycles. The molecule has 7 heteroatoms. The molecule has 0 saturated carbocycles. The molecule has 2 heterocycles. The van der Waals surface area contributed by atoms with Crippen LogP contribution in [0, 0.1) is 11.3 Å². The quantitative estimate of drug-likeness (QED) is 0.578. The molecule has 1 aliphatic rings. The third-order valence-electron chi connectivity index (χ3n) is 6.09. The molecule has 4 rings (SSSR count). The maximum absolute atomic E-state index is 11.2. The average Bonchev–Trinajstić information content (AvgIpc) is 2.84. The highest BCUT2D eigenvalue weighted by molar-refractivity contribution is 6.33. The van der Waals surface area contributed by atoms with Crippen LogP contribution in [-0.2, 0) is 12.2 Å². The van der Waals surface area contributed by atoms with Crippen LogP contribution in [0.15, 0.2) is 66.7 Å². The van der Waals surface area contributed by atoms with Gasteiger partial charge < -0.3 is 15.1 Å². The van der Waals surface area contributed by atoms with Gasteiger partial charge in [0.15, 0.2) is 0 Å². The lowest BCUT2D eigenvalue weighted by atomic mass is 9.97. The predicted molar refractivity (Wildman–Crippen MR) is 129 cm³/mol. The molecule has 2 atom stereocenters. The van der Waals surface area contributed by atoms with Crippen LogP contribution in [-0.4, -0.2) is 46.3 Å². The number of β-amino-alcohol motifs (C(OH)–C–C–N with tert-alkyl or cyclic N) is 1. The van der Waals surface area contributed by atoms with Crippen LogP contribution in [0.2, 0.25) is 5.02 Å². The Balaban J connectivity index is 1.60. The lowest BCUT2D eigenvalue weighted by Crippen LogP contribution is -2.52. The molecule has 33 heavy (non-hydrogen) atoms. The van der Waals surface area contributed by atoms with Crippen LogP contribution in [0.3, 0.4) is 0 Å². The highest BCUT2D eigenvalue weighted by atomic mass is 35.5. The Morgan fingerprint density at radius 2 is 1.91 bits per heavy atom. The number of hydrogen-bond acceptors (Lipinski definition) is 6. The summed E-state index contributed by atoms with van der Waals surface area (Å²) >= 11 is 6.57. The Morgan fingerprint density at radius 3 is 2.61 bits per heavy atom. The summed E-state index contributed by atoms with van der Waals surface area (Å²) in [5, 5.41) is 30.4. The van der Waals surface area contributed by atoms with Gasteiger partial charge in [-0.3, -0.25) is 9.88 Å². The summed E-state index contributed by atoms with van der Waals surface area (Å²) in [6.07, 6.45) is 0. The van der Waals surface area contributed by atoms with Crippen LogP contribution >= 0.6 is 11.6 Å². The Kier molecular flexibility index (Phi) is 6.96. The highest BCUT2D eigenvalue weighted by Crippen LogP contribution is 2.36. The van der Waals surface area contributed by atoms with E-state index in [1.54, 1.807) is 37.3 Å². The Morgan fingerprint density at radius 1 is 1.12 bits per heavy atom. The molecular formula is C26H27ClN4O2. The Bertz CT molecular complexity index is 1150. The van der Waals surface area contributed by atoms with E-state index in [1.807, 2.05) is 24.3 Å². The summed E-state index contributed by atoms with van der Waals surface area (Å²) in [6.45, 7) is 4.14. The van der Waals surface area contributed by atoms with Crippen molar-refractivity contribution in [2.75, 3.05) is 31.1 Å². The molecule has 2 N–H and O–H groups in total. The molecule has 2 aromatic carbocycles. The number of nitrogens with zero attached hydrogens (tertiary/aromatic N) is 4. The first-order valence-corrected chi connectivity index (χ1v) is 11.3. The van der Waals surface area contributed by atoms with Gasteiger partial charge in [0, 0.05) is 26.2 Å². The smallest absolute Gasteiger partial charge is 0.116 e. The second kappa shape index (κ2) is 9.90. The molecule has 0 amide bonds. The fraction of sp³-hybridized carbons (Fsp3) is 0.308. The minimum Gasteiger partial charge on any atom is -0.390 e. The summed E-state index contributed by atoms with van der Waals surface area (Å²) in [6, 6.07) is 23.1. The maximum atomic E-state index is 11.2. The minimum atomic E-state index is -1.17. The van der Waals surface area contributed by atoms with Crippen molar-refractivity contribution in [2.45, 2.75) is 25.2 Å². The lowest BCUT2D eigenvalue weighted by Gasteiger charge is -2.45. The first-order chi connectivity index (χ1) is 15.9. The standard InChI is InChI=1S/C26H27ClN4O2/c1-26(33,25-9-5-8-21(17-32)29-25)18-30-12-13-31(23-11-10-19(15-28)14-22(23)27)24(16-30)20-6-3-2-4-7-20/h2-11,14,24,32-33H,12-13,16-18H2,1H3/t24-,26+/m0/s1. The molecule has 6 nitrogen and oxygen atoms in total. The summed E-state index contributed by atoms with van der Waals surface area (Å²) in [4.78, 5) is 8.92. The maximum Gasteiger partial charge on any atom is 0.116 e. The number of nitriles is 1. The Hall–Kier alpha value is -2.95. The summed E-state index contributed by atoms with van der Waals surface area (Å²) in [5.41, 5.74) is 2.50. The number of aliphatic hydroxyl groups is 2. The monoisotopic (exact) mass is 462 g/mol.